The lowest BCUT2D eigenvalue weighted by Gasteiger charge is -2.12. The van der Waals surface area contributed by atoms with Gasteiger partial charge in [-0.25, -0.2) is 0 Å². The van der Waals surface area contributed by atoms with Gasteiger partial charge in [0.25, 0.3) is 0 Å². The van der Waals surface area contributed by atoms with Crippen LogP contribution in [0.15, 0.2) is 30.4 Å². The second-order valence-electron chi connectivity index (χ2n) is 4.62. The van der Waals surface area contributed by atoms with Crippen LogP contribution in [-0.4, -0.2) is 0 Å². The number of hydrogen-bond acceptors (Lipinski definition) is 0. The molecular weight excluding hydrogens is 227 g/mol. The lowest BCUT2D eigenvalue weighted by molar-refractivity contribution is 0.660. The molecule has 0 saturated heterocycles. The summed E-state index contributed by atoms with van der Waals surface area (Å²) in [5.41, 5.74) is 2.60. The molecule has 1 aromatic carbocycles. The van der Waals surface area contributed by atoms with Crippen LogP contribution in [0.1, 0.15) is 31.7 Å². The van der Waals surface area contributed by atoms with Crippen molar-refractivity contribution in [3.05, 3.63) is 46.0 Å². The third-order valence-electron chi connectivity index (χ3n) is 3.55. The summed E-state index contributed by atoms with van der Waals surface area (Å²) in [6.45, 7) is 8.36. The van der Waals surface area contributed by atoms with Crippen LogP contribution < -0.4 is 0 Å². The van der Waals surface area contributed by atoms with Crippen LogP contribution in [0.3, 0.4) is 0 Å². The zero-order valence-corrected chi connectivity index (χ0v) is 10.5. The molecule has 2 rings (SSSR count). The van der Waals surface area contributed by atoms with Crippen LogP contribution in [0.4, 0.5) is 0 Å². The van der Waals surface area contributed by atoms with E-state index in [1.807, 2.05) is 18.2 Å². The van der Waals surface area contributed by atoms with Crippen molar-refractivity contribution in [2.75, 3.05) is 0 Å². The Hall–Kier alpha value is -0.460. The van der Waals surface area contributed by atoms with Crippen molar-refractivity contribution in [3.63, 3.8) is 0 Å². The molecule has 0 aromatic heterocycles. The first-order valence-electron chi connectivity index (χ1n) is 5.06. The smallest absolute Gasteiger partial charge is 0.0442 e. The average Bonchev–Trinajstić information content (AvgIpc) is 2.84. The molecule has 0 heterocycles. The summed E-state index contributed by atoms with van der Waals surface area (Å²) in [5.74, 6) is 0.487. The monoisotopic (exact) mass is 240 g/mol. The molecular formula is C13H14Cl2. The second-order valence-corrected chi connectivity index (χ2v) is 5.46. The molecule has 1 aliphatic carbocycles. The minimum absolute atomic E-state index is 0.217. The summed E-state index contributed by atoms with van der Waals surface area (Å²) >= 11 is 12.2. The van der Waals surface area contributed by atoms with Crippen molar-refractivity contribution < 1.29 is 0 Å². The van der Waals surface area contributed by atoms with Gasteiger partial charge in [0.15, 0.2) is 0 Å². The van der Waals surface area contributed by atoms with Crippen LogP contribution in [0.25, 0.3) is 0 Å². The van der Waals surface area contributed by atoms with Crippen molar-refractivity contribution in [1.82, 2.24) is 0 Å². The maximum absolute atomic E-state index is 6.17. The van der Waals surface area contributed by atoms with E-state index in [4.69, 9.17) is 23.2 Å². The predicted octanol–water partition coefficient (Wildman–Crippen LogP) is 5.06. The number of allylic oxidation sites excluding steroid dienone is 1. The summed E-state index contributed by atoms with van der Waals surface area (Å²) in [5, 5.41) is 1.57. The molecule has 80 valence electrons. The van der Waals surface area contributed by atoms with Gasteiger partial charge < -0.3 is 0 Å². The van der Waals surface area contributed by atoms with E-state index in [9.17, 15) is 0 Å². The van der Waals surface area contributed by atoms with Crippen molar-refractivity contribution in [3.8, 4) is 0 Å². The topological polar surface area (TPSA) is 0 Å². The van der Waals surface area contributed by atoms with E-state index in [2.05, 4.69) is 20.4 Å². The Morgan fingerprint density at radius 1 is 1.47 bits per heavy atom. The first-order valence-corrected chi connectivity index (χ1v) is 5.81. The standard InChI is InChI=1S/C13H14Cl2/c1-8(2)13(3)7-11(13)10-6-9(14)4-5-12(10)15/h4-6,11H,1,7H2,2-3H3. The molecule has 1 fully saturated rings. The highest BCUT2D eigenvalue weighted by Gasteiger charge is 2.51. The van der Waals surface area contributed by atoms with Gasteiger partial charge in [-0.15, -0.1) is 0 Å². The Morgan fingerprint density at radius 2 is 2.13 bits per heavy atom. The zero-order valence-electron chi connectivity index (χ0n) is 8.98. The maximum atomic E-state index is 6.17. The van der Waals surface area contributed by atoms with Crippen LogP contribution in [0.2, 0.25) is 10.0 Å². The SMILES string of the molecule is C=C(C)C1(C)CC1c1cc(Cl)ccc1Cl. The number of halogens is 2. The normalized spacial score (nSPS) is 28.9. The molecule has 0 aliphatic heterocycles. The molecule has 1 aromatic rings. The van der Waals surface area contributed by atoms with Gasteiger partial charge in [0.2, 0.25) is 0 Å². The Labute approximate surface area is 101 Å². The van der Waals surface area contributed by atoms with Gasteiger partial charge in [0, 0.05) is 10.0 Å². The molecule has 1 saturated carbocycles. The summed E-state index contributed by atoms with van der Waals surface area (Å²) in [4.78, 5) is 0. The van der Waals surface area contributed by atoms with E-state index in [1.165, 1.54) is 5.57 Å². The van der Waals surface area contributed by atoms with E-state index < -0.39 is 0 Å². The zero-order chi connectivity index (χ0) is 11.2. The molecule has 15 heavy (non-hydrogen) atoms. The Morgan fingerprint density at radius 3 is 2.67 bits per heavy atom. The second kappa shape index (κ2) is 3.54. The summed E-state index contributed by atoms with van der Waals surface area (Å²) in [6.07, 6.45) is 1.13. The highest BCUT2D eigenvalue weighted by atomic mass is 35.5. The summed E-state index contributed by atoms with van der Waals surface area (Å²) in [7, 11) is 0. The maximum Gasteiger partial charge on any atom is 0.0442 e. The average molecular weight is 241 g/mol. The lowest BCUT2D eigenvalue weighted by atomic mass is 9.95. The quantitative estimate of drug-likeness (QED) is 0.634. The van der Waals surface area contributed by atoms with Gasteiger partial charge in [-0.3, -0.25) is 0 Å². The van der Waals surface area contributed by atoms with Gasteiger partial charge in [0.05, 0.1) is 0 Å². The van der Waals surface area contributed by atoms with Gasteiger partial charge in [-0.2, -0.15) is 0 Å². The van der Waals surface area contributed by atoms with E-state index in [0.29, 0.717) is 5.92 Å². The summed E-state index contributed by atoms with van der Waals surface area (Å²) < 4.78 is 0. The van der Waals surface area contributed by atoms with E-state index in [0.717, 1.165) is 22.0 Å². The lowest BCUT2D eigenvalue weighted by Crippen LogP contribution is -1.98. The molecule has 2 unspecified atom stereocenters. The Balaban J connectivity index is 2.34. The van der Waals surface area contributed by atoms with Crippen molar-refractivity contribution in [2.45, 2.75) is 26.2 Å². The highest BCUT2D eigenvalue weighted by Crippen LogP contribution is 2.63. The Bertz CT molecular complexity index is 423. The third-order valence-corrected chi connectivity index (χ3v) is 4.12. The van der Waals surface area contributed by atoms with Gasteiger partial charge in [-0.1, -0.05) is 42.3 Å². The predicted molar refractivity (Wildman–Crippen MR) is 66.7 cm³/mol. The molecule has 2 atom stereocenters. The molecule has 0 amide bonds. The Kier molecular flexibility index (Phi) is 2.60. The minimum Gasteiger partial charge on any atom is -0.0996 e. The van der Waals surface area contributed by atoms with Crippen molar-refractivity contribution >= 4 is 23.2 Å². The molecule has 0 nitrogen and oxygen atoms in total. The van der Waals surface area contributed by atoms with Crippen molar-refractivity contribution in [1.29, 1.82) is 0 Å². The van der Waals surface area contributed by atoms with Crippen LogP contribution >= 0.6 is 23.2 Å². The fraction of sp³-hybridized carbons (Fsp3) is 0.385. The number of hydrogen-bond donors (Lipinski definition) is 0. The first-order chi connectivity index (χ1) is 6.95. The van der Waals surface area contributed by atoms with Crippen LogP contribution in [-0.2, 0) is 0 Å². The third kappa shape index (κ3) is 1.81. The largest absolute Gasteiger partial charge is 0.0996 e. The highest BCUT2D eigenvalue weighted by molar-refractivity contribution is 6.33. The molecule has 0 bridgehead atoms. The van der Waals surface area contributed by atoms with Gasteiger partial charge in [-0.05, 0) is 48.4 Å². The molecule has 0 radical (unpaired) electrons. The number of benzene rings is 1. The summed E-state index contributed by atoms with van der Waals surface area (Å²) in [6, 6.07) is 5.67. The molecule has 2 heteroatoms. The van der Waals surface area contributed by atoms with E-state index in [-0.39, 0.29) is 5.41 Å². The fourth-order valence-electron chi connectivity index (χ4n) is 2.07. The van der Waals surface area contributed by atoms with Gasteiger partial charge >= 0.3 is 0 Å². The molecule has 0 spiro atoms. The molecule has 1 aliphatic rings. The van der Waals surface area contributed by atoms with Crippen LogP contribution in [0, 0.1) is 5.41 Å². The first kappa shape index (κ1) is 11.0. The van der Waals surface area contributed by atoms with E-state index in [1.54, 1.807) is 0 Å². The van der Waals surface area contributed by atoms with Crippen molar-refractivity contribution in [2.24, 2.45) is 5.41 Å². The van der Waals surface area contributed by atoms with E-state index >= 15 is 0 Å². The van der Waals surface area contributed by atoms with Gasteiger partial charge in [0.1, 0.15) is 0 Å². The fourth-order valence-corrected chi connectivity index (χ4v) is 2.50. The number of rotatable bonds is 2. The van der Waals surface area contributed by atoms with Crippen LogP contribution in [0.5, 0.6) is 0 Å². The molecule has 0 N–H and O–H groups in total. The minimum atomic E-state index is 0.217.